The van der Waals surface area contributed by atoms with Gasteiger partial charge in [0, 0.05) is 0 Å². The Balaban J connectivity index is 3.89. The lowest BCUT2D eigenvalue weighted by molar-refractivity contribution is 0.290. The molecule has 0 N–H and O–H groups in total. The molecule has 0 heterocycles. The van der Waals surface area contributed by atoms with Crippen molar-refractivity contribution in [2.24, 2.45) is 5.41 Å². The molecular formula is C7H13O. The first-order valence-corrected chi connectivity index (χ1v) is 2.78. The average Bonchev–Trinajstić information content (AvgIpc) is 1.21. The van der Waals surface area contributed by atoms with Gasteiger partial charge in [-0.3, -0.25) is 5.11 Å². The summed E-state index contributed by atoms with van der Waals surface area (Å²) in [6.07, 6.45) is 1.72. The van der Waals surface area contributed by atoms with Gasteiger partial charge in [-0.05, 0) is 18.4 Å². The van der Waals surface area contributed by atoms with Gasteiger partial charge in [0.25, 0.3) is 0 Å². The van der Waals surface area contributed by atoms with E-state index >= 15 is 0 Å². The topological polar surface area (TPSA) is 19.9 Å². The van der Waals surface area contributed by atoms with Gasteiger partial charge in [-0.1, -0.05) is 20.8 Å². The van der Waals surface area contributed by atoms with Crippen molar-refractivity contribution < 1.29 is 5.11 Å². The van der Waals surface area contributed by atoms with E-state index in [1.165, 1.54) is 0 Å². The molecular weight excluding hydrogens is 100 g/mol. The van der Waals surface area contributed by atoms with Crippen LogP contribution in [0.1, 0.15) is 27.7 Å². The minimum absolute atomic E-state index is 0.0475. The molecule has 47 valence electrons. The van der Waals surface area contributed by atoms with E-state index in [1.54, 1.807) is 13.0 Å². The molecule has 0 rings (SSSR count). The maximum Gasteiger partial charge on any atom is 0.149 e. The highest BCUT2D eigenvalue weighted by atomic mass is 16.3. The van der Waals surface area contributed by atoms with Crippen molar-refractivity contribution in [3.8, 4) is 0 Å². The zero-order valence-electron chi connectivity index (χ0n) is 5.99. The Morgan fingerprint density at radius 3 is 1.75 bits per heavy atom. The van der Waals surface area contributed by atoms with E-state index in [-0.39, 0.29) is 11.2 Å². The van der Waals surface area contributed by atoms with E-state index in [4.69, 9.17) is 0 Å². The maximum absolute atomic E-state index is 10.4. The number of hydrogen-bond donors (Lipinski definition) is 0. The zero-order chi connectivity index (χ0) is 6.78. The lowest BCUT2D eigenvalue weighted by atomic mass is 9.96. The van der Waals surface area contributed by atoms with Gasteiger partial charge in [0.05, 0.1) is 0 Å². The third-order valence-electron chi connectivity index (χ3n) is 0.636. The molecule has 0 saturated heterocycles. The molecule has 0 atom stereocenters. The Kier molecular flexibility index (Phi) is 2.08. The zero-order valence-corrected chi connectivity index (χ0v) is 5.99. The molecule has 0 spiro atoms. The minimum Gasteiger partial charge on any atom is -0.296 e. The SMILES string of the molecule is C/C([O])=C\C(C)(C)C. The summed E-state index contributed by atoms with van der Waals surface area (Å²) in [6, 6.07) is 0. The predicted octanol–water partition coefficient (Wildman–Crippen LogP) is 2.37. The van der Waals surface area contributed by atoms with Crippen molar-refractivity contribution in [3.05, 3.63) is 11.8 Å². The van der Waals surface area contributed by atoms with Crippen LogP contribution >= 0.6 is 0 Å². The van der Waals surface area contributed by atoms with E-state index in [0.717, 1.165) is 0 Å². The highest BCUT2D eigenvalue weighted by Crippen LogP contribution is 2.15. The van der Waals surface area contributed by atoms with Crippen molar-refractivity contribution in [2.75, 3.05) is 0 Å². The largest absolute Gasteiger partial charge is 0.296 e. The van der Waals surface area contributed by atoms with E-state index in [0.29, 0.717) is 0 Å². The molecule has 0 unspecified atom stereocenters. The lowest BCUT2D eigenvalue weighted by Gasteiger charge is -2.09. The Morgan fingerprint density at radius 2 is 1.75 bits per heavy atom. The third-order valence-corrected chi connectivity index (χ3v) is 0.636. The summed E-state index contributed by atoms with van der Waals surface area (Å²) in [5, 5.41) is 10.4. The first-order chi connectivity index (χ1) is 3.42. The monoisotopic (exact) mass is 113 g/mol. The molecule has 0 aromatic carbocycles. The molecule has 1 radical (unpaired) electrons. The van der Waals surface area contributed by atoms with Crippen LogP contribution in [0.4, 0.5) is 0 Å². The summed E-state index contributed by atoms with van der Waals surface area (Å²) >= 11 is 0. The Labute approximate surface area is 51.0 Å². The van der Waals surface area contributed by atoms with Gasteiger partial charge in [-0.25, -0.2) is 0 Å². The summed E-state index contributed by atoms with van der Waals surface area (Å²) in [5.74, 6) is 0.150. The van der Waals surface area contributed by atoms with Gasteiger partial charge in [-0.15, -0.1) is 0 Å². The van der Waals surface area contributed by atoms with Crippen molar-refractivity contribution in [1.82, 2.24) is 0 Å². The lowest BCUT2D eigenvalue weighted by Crippen LogP contribution is -1.99. The van der Waals surface area contributed by atoms with Crippen LogP contribution < -0.4 is 0 Å². The summed E-state index contributed by atoms with van der Waals surface area (Å²) in [7, 11) is 0. The maximum atomic E-state index is 10.4. The van der Waals surface area contributed by atoms with E-state index in [1.807, 2.05) is 20.8 Å². The summed E-state index contributed by atoms with van der Waals surface area (Å²) in [4.78, 5) is 0. The summed E-state index contributed by atoms with van der Waals surface area (Å²) in [6.45, 7) is 7.60. The van der Waals surface area contributed by atoms with Crippen LogP contribution in [0.15, 0.2) is 11.8 Å². The first kappa shape index (κ1) is 7.54. The van der Waals surface area contributed by atoms with E-state index in [9.17, 15) is 5.11 Å². The van der Waals surface area contributed by atoms with Crippen LogP contribution in [0, 0.1) is 5.41 Å². The van der Waals surface area contributed by atoms with Crippen LogP contribution in [0.3, 0.4) is 0 Å². The summed E-state index contributed by atoms with van der Waals surface area (Å²) < 4.78 is 0. The van der Waals surface area contributed by atoms with Crippen molar-refractivity contribution in [3.63, 3.8) is 0 Å². The van der Waals surface area contributed by atoms with Gasteiger partial charge in [0.2, 0.25) is 0 Å². The second kappa shape index (κ2) is 2.21. The molecule has 0 bridgehead atoms. The standard InChI is InChI=1S/C7H13O/c1-6(8)5-7(2,3)4/h5H,1-4H3/b6-5+. The van der Waals surface area contributed by atoms with Crippen LogP contribution in [0.2, 0.25) is 0 Å². The highest BCUT2D eigenvalue weighted by molar-refractivity contribution is 4.94. The van der Waals surface area contributed by atoms with Crippen LogP contribution in [-0.4, -0.2) is 0 Å². The van der Waals surface area contributed by atoms with E-state index < -0.39 is 0 Å². The van der Waals surface area contributed by atoms with Crippen LogP contribution in [0.25, 0.3) is 0 Å². The molecule has 0 aromatic rings. The smallest absolute Gasteiger partial charge is 0.149 e. The second-order valence-corrected chi connectivity index (χ2v) is 3.12. The molecule has 0 saturated carbocycles. The minimum atomic E-state index is 0.0475. The average molecular weight is 113 g/mol. The summed E-state index contributed by atoms with van der Waals surface area (Å²) in [5.41, 5.74) is 0.0475. The number of allylic oxidation sites excluding steroid dienone is 2. The normalized spacial score (nSPS) is 14.2. The van der Waals surface area contributed by atoms with Crippen molar-refractivity contribution >= 4 is 0 Å². The van der Waals surface area contributed by atoms with Crippen LogP contribution in [-0.2, 0) is 5.11 Å². The van der Waals surface area contributed by atoms with Crippen molar-refractivity contribution in [2.45, 2.75) is 27.7 Å². The number of rotatable bonds is 0. The molecule has 0 aromatic heterocycles. The Morgan fingerprint density at radius 1 is 1.38 bits per heavy atom. The van der Waals surface area contributed by atoms with Gasteiger partial charge in [0.15, 0.2) is 0 Å². The first-order valence-electron chi connectivity index (χ1n) is 2.78. The highest BCUT2D eigenvalue weighted by Gasteiger charge is 2.05. The van der Waals surface area contributed by atoms with Gasteiger partial charge < -0.3 is 0 Å². The molecule has 1 heteroatoms. The number of hydrogen-bond acceptors (Lipinski definition) is 0. The fourth-order valence-electron chi connectivity index (χ4n) is 0.610. The molecule has 1 nitrogen and oxygen atoms in total. The second-order valence-electron chi connectivity index (χ2n) is 3.12. The van der Waals surface area contributed by atoms with Gasteiger partial charge >= 0.3 is 0 Å². The third kappa shape index (κ3) is 5.54. The quantitative estimate of drug-likeness (QED) is 0.430. The Bertz CT molecular complexity index is 91.4. The van der Waals surface area contributed by atoms with Gasteiger partial charge in [-0.2, -0.15) is 0 Å². The molecule has 8 heavy (non-hydrogen) atoms. The van der Waals surface area contributed by atoms with Gasteiger partial charge in [0.1, 0.15) is 5.76 Å². The molecule has 0 amide bonds. The molecule has 0 aliphatic heterocycles. The van der Waals surface area contributed by atoms with E-state index in [2.05, 4.69) is 0 Å². The fourth-order valence-corrected chi connectivity index (χ4v) is 0.610. The van der Waals surface area contributed by atoms with Crippen molar-refractivity contribution in [1.29, 1.82) is 0 Å². The Hall–Kier alpha value is -0.460. The predicted molar refractivity (Wildman–Crippen MR) is 33.9 cm³/mol. The molecule has 0 aliphatic rings. The molecule has 0 aliphatic carbocycles. The fraction of sp³-hybridized carbons (Fsp3) is 0.714. The molecule has 0 fully saturated rings. The van der Waals surface area contributed by atoms with Crippen LogP contribution in [0.5, 0.6) is 0 Å².